The van der Waals surface area contributed by atoms with E-state index in [-0.39, 0.29) is 12.2 Å². The molecule has 2 atom stereocenters. The van der Waals surface area contributed by atoms with Crippen molar-refractivity contribution in [1.82, 2.24) is 10.2 Å². The maximum atomic E-state index is 12.3. The molecule has 0 spiro atoms. The van der Waals surface area contributed by atoms with E-state index >= 15 is 0 Å². The fourth-order valence-electron chi connectivity index (χ4n) is 2.64. The average Bonchev–Trinajstić information content (AvgIpc) is 2.63. The van der Waals surface area contributed by atoms with Crippen LogP contribution in [0.2, 0.25) is 0 Å². The predicted molar refractivity (Wildman–Crippen MR) is 76.3 cm³/mol. The van der Waals surface area contributed by atoms with Gasteiger partial charge in [0.05, 0.1) is 12.2 Å². The van der Waals surface area contributed by atoms with Gasteiger partial charge in [-0.15, -0.1) is 0 Å². The topological polar surface area (TPSA) is 32.3 Å². The lowest BCUT2D eigenvalue weighted by atomic mass is 10.1. The highest BCUT2D eigenvalue weighted by molar-refractivity contribution is 5.84. The smallest absolute Gasteiger partial charge is 0.241 e. The third-order valence-electron chi connectivity index (χ3n) is 3.76. The first kappa shape index (κ1) is 15.5. The molecule has 0 aliphatic carbocycles. The van der Waals surface area contributed by atoms with Crippen molar-refractivity contribution in [1.29, 1.82) is 0 Å². The molecule has 106 valence electrons. The third-order valence-corrected chi connectivity index (χ3v) is 3.76. The van der Waals surface area contributed by atoms with Gasteiger partial charge in [-0.05, 0) is 31.6 Å². The Bertz CT molecular complexity index is 253. The average molecular weight is 254 g/mol. The molecule has 1 amide bonds. The van der Waals surface area contributed by atoms with Gasteiger partial charge in [0, 0.05) is 6.54 Å². The summed E-state index contributed by atoms with van der Waals surface area (Å²) in [5.74, 6) is 1.06. The van der Waals surface area contributed by atoms with E-state index in [1.54, 1.807) is 0 Å². The molecular weight excluding hydrogens is 224 g/mol. The number of hydrogen-bond donors (Lipinski definition) is 1. The molecule has 0 bridgehead atoms. The fourth-order valence-corrected chi connectivity index (χ4v) is 2.64. The zero-order valence-electron chi connectivity index (χ0n) is 12.5. The van der Waals surface area contributed by atoms with Crippen LogP contribution in [0.25, 0.3) is 0 Å². The van der Waals surface area contributed by atoms with Crippen LogP contribution in [0.5, 0.6) is 0 Å². The highest BCUT2D eigenvalue weighted by Gasteiger charge is 2.36. The van der Waals surface area contributed by atoms with Crippen LogP contribution in [0.1, 0.15) is 66.2 Å². The monoisotopic (exact) mass is 254 g/mol. The van der Waals surface area contributed by atoms with Crippen molar-refractivity contribution in [3.05, 3.63) is 0 Å². The molecule has 1 rings (SSSR count). The number of nitrogens with zero attached hydrogens (tertiary/aromatic N) is 1. The summed E-state index contributed by atoms with van der Waals surface area (Å²) in [4.78, 5) is 14.4. The minimum atomic E-state index is 0.0777. The standard InChI is InChI=1S/C15H30N2O/c1-5-7-10-13-15(18)17(14(6-2)16-13)11-8-9-12(3)4/h12-14,16H,5-11H2,1-4H3. The number of hydrogen-bond acceptors (Lipinski definition) is 2. The second-order valence-electron chi connectivity index (χ2n) is 5.85. The van der Waals surface area contributed by atoms with E-state index in [9.17, 15) is 4.79 Å². The molecule has 1 fully saturated rings. The SMILES string of the molecule is CCCCC1NC(CC)N(CCCC(C)C)C1=O. The van der Waals surface area contributed by atoms with Crippen molar-refractivity contribution >= 4 is 5.91 Å². The van der Waals surface area contributed by atoms with Gasteiger partial charge in [-0.1, -0.05) is 40.5 Å². The zero-order valence-corrected chi connectivity index (χ0v) is 12.5. The van der Waals surface area contributed by atoms with E-state index in [1.807, 2.05) is 0 Å². The molecule has 1 saturated heterocycles. The van der Waals surface area contributed by atoms with Gasteiger partial charge in [0.15, 0.2) is 0 Å². The van der Waals surface area contributed by atoms with Crippen LogP contribution in [0.3, 0.4) is 0 Å². The Labute approximate surface area is 112 Å². The van der Waals surface area contributed by atoms with Gasteiger partial charge in [0.1, 0.15) is 0 Å². The molecular formula is C15H30N2O. The van der Waals surface area contributed by atoms with Crippen molar-refractivity contribution in [2.75, 3.05) is 6.54 Å². The molecule has 3 nitrogen and oxygen atoms in total. The van der Waals surface area contributed by atoms with Gasteiger partial charge in [0.2, 0.25) is 5.91 Å². The van der Waals surface area contributed by atoms with Gasteiger partial charge in [0.25, 0.3) is 0 Å². The maximum Gasteiger partial charge on any atom is 0.241 e. The van der Waals surface area contributed by atoms with Gasteiger partial charge in [-0.2, -0.15) is 0 Å². The first-order valence-electron chi connectivity index (χ1n) is 7.66. The summed E-state index contributed by atoms with van der Waals surface area (Å²) in [7, 11) is 0. The minimum Gasteiger partial charge on any atom is -0.326 e. The summed E-state index contributed by atoms with van der Waals surface area (Å²) in [5, 5.41) is 3.49. The van der Waals surface area contributed by atoms with E-state index in [1.165, 1.54) is 6.42 Å². The maximum absolute atomic E-state index is 12.3. The Morgan fingerprint density at radius 1 is 1.28 bits per heavy atom. The van der Waals surface area contributed by atoms with E-state index < -0.39 is 0 Å². The Balaban J connectivity index is 2.45. The molecule has 1 aliphatic heterocycles. The lowest BCUT2D eigenvalue weighted by Gasteiger charge is -2.23. The second-order valence-corrected chi connectivity index (χ2v) is 5.85. The van der Waals surface area contributed by atoms with Crippen LogP contribution in [0, 0.1) is 5.92 Å². The summed E-state index contributed by atoms with van der Waals surface area (Å²) >= 11 is 0. The summed E-state index contributed by atoms with van der Waals surface area (Å²) in [6.07, 6.45) is 6.91. The lowest BCUT2D eigenvalue weighted by molar-refractivity contribution is -0.130. The first-order valence-corrected chi connectivity index (χ1v) is 7.66. The zero-order chi connectivity index (χ0) is 13.5. The molecule has 0 saturated carbocycles. The largest absolute Gasteiger partial charge is 0.326 e. The Kier molecular flexibility index (Phi) is 6.69. The third kappa shape index (κ3) is 4.27. The lowest BCUT2D eigenvalue weighted by Crippen LogP contribution is -2.37. The molecule has 18 heavy (non-hydrogen) atoms. The van der Waals surface area contributed by atoms with Gasteiger partial charge >= 0.3 is 0 Å². The Morgan fingerprint density at radius 3 is 2.56 bits per heavy atom. The molecule has 0 radical (unpaired) electrons. The van der Waals surface area contributed by atoms with Crippen molar-refractivity contribution in [3.8, 4) is 0 Å². The number of rotatable bonds is 8. The molecule has 0 aromatic heterocycles. The van der Waals surface area contributed by atoms with Crippen molar-refractivity contribution < 1.29 is 4.79 Å². The quantitative estimate of drug-likeness (QED) is 0.721. The minimum absolute atomic E-state index is 0.0777. The van der Waals surface area contributed by atoms with E-state index in [4.69, 9.17) is 0 Å². The molecule has 0 aromatic rings. The number of nitrogens with one attached hydrogen (secondary N) is 1. The Morgan fingerprint density at radius 2 is 2.00 bits per heavy atom. The van der Waals surface area contributed by atoms with Gasteiger partial charge in [-0.3, -0.25) is 10.1 Å². The molecule has 1 heterocycles. The normalized spacial score (nSPS) is 24.3. The van der Waals surface area contributed by atoms with Crippen LogP contribution in [0.4, 0.5) is 0 Å². The van der Waals surface area contributed by atoms with E-state index in [0.29, 0.717) is 5.91 Å². The fraction of sp³-hybridized carbons (Fsp3) is 0.933. The molecule has 1 N–H and O–H groups in total. The number of amides is 1. The molecule has 0 aromatic carbocycles. The highest BCUT2D eigenvalue weighted by Crippen LogP contribution is 2.18. The van der Waals surface area contributed by atoms with Crippen LogP contribution < -0.4 is 5.32 Å². The summed E-state index contributed by atoms with van der Waals surface area (Å²) in [6, 6.07) is 0.0777. The van der Waals surface area contributed by atoms with Crippen LogP contribution in [-0.4, -0.2) is 29.6 Å². The van der Waals surface area contributed by atoms with E-state index in [2.05, 4.69) is 37.9 Å². The summed E-state index contributed by atoms with van der Waals surface area (Å²) < 4.78 is 0. The van der Waals surface area contributed by atoms with Crippen molar-refractivity contribution in [2.45, 2.75) is 78.4 Å². The first-order chi connectivity index (χ1) is 8.60. The molecule has 2 unspecified atom stereocenters. The van der Waals surface area contributed by atoms with Crippen molar-refractivity contribution in [2.24, 2.45) is 5.92 Å². The predicted octanol–water partition coefficient (Wildman–Crippen LogP) is 3.15. The number of unbranched alkanes of at least 4 members (excludes halogenated alkanes) is 1. The van der Waals surface area contributed by atoms with E-state index in [0.717, 1.165) is 44.6 Å². The summed E-state index contributed by atoms with van der Waals surface area (Å²) in [5.41, 5.74) is 0. The highest BCUT2D eigenvalue weighted by atomic mass is 16.2. The summed E-state index contributed by atoms with van der Waals surface area (Å²) in [6.45, 7) is 9.74. The van der Waals surface area contributed by atoms with Gasteiger partial charge in [-0.25, -0.2) is 0 Å². The van der Waals surface area contributed by atoms with Crippen LogP contribution >= 0.6 is 0 Å². The number of carbonyl (C=O) groups excluding carboxylic acids is 1. The van der Waals surface area contributed by atoms with Gasteiger partial charge < -0.3 is 4.90 Å². The Hall–Kier alpha value is -0.570. The van der Waals surface area contributed by atoms with Crippen LogP contribution in [0.15, 0.2) is 0 Å². The molecule has 3 heteroatoms. The van der Waals surface area contributed by atoms with Crippen molar-refractivity contribution in [3.63, 3.8) is 0 Å². The second kappa shape index (κ2) is 7.78. The molecule has 1 aliphatic rings. The van der Waals surface area contributed by atoms with Crippen LogP contribution in [-0.2, 0) is 4.79 Å². The number of carbonyl (C=O) groups is 1.